The van der Waals surface area contributed by atoms with Crippen molar-refractivity contribution < 1.29 is 18.8 Å². The lowest BCUT2D eigenvalue weighted by Crippen LogP contribution is -2.39. The van der Waals surface area contributed by atoms with Crippen LogP contribution in [0.25, 0.3) is 0 Å². The maximum atomic E-state index is 13.3. The number of carbonyl (C=O) groups is 3. The number of aromatic amines is 1. The highest BCUT2D eigenvalue weighted by Gasteiger charge is 2.25. The number of rotatable bonds is 10. The number of imidazole rings is 1. The van der Waals surface area contributed by atoms with E-state index < -0.39 is 23.5 Å². The Morgan fingerprint density at radius 2 is 1.77 bits per heavy atom. The Balaban J connectivity index is 1.84. The van der Waals surface area contributed by atoms with Crippen molar-refractivity contribution in [3.8, 4) is 0 Å². The number of hydrogen-bond acceptors (Lipinski definition) is 5. The molecule has 184 valence electrons. The minimum Gasteiger partial charge on any atom is -0.364 e. The number of primary amides is 1. The quantitative estimate of drug-likeness (QED) is 0.392. The van der Waals surface area contributed by atoms with Crippen molar-refractivity contribution in [2.24, 2.45) is 5.73 Å². The molecule has 11 heteroatoms. The number of likely N-dealkylation sites (N-methyl/N-ethyl adjacent to an activating group) is 1. The molecule has 4 N–H and O–H groups in total. The largest absolute Gasteiger partial charge is 0.364 e. The number of aromatic nitrogens is 2. The van der Waals surface area contributed by atoms with E-state index >= 15 is 0 Å². The SMILES string of the molecule is CCN(CC)CCN(C(=O)c1nc[nH]c1C(N)=O)c1ccc(NC(=O)c2ccc(F)cc2Cl)cc1. The molecule has 0 aliphatic carbocycles. The van der Waals surface area contributed by atoms with Gasteiger partial charge >= 0.3 is 0 Å². The summed E-state index contributed by atoms with van der Waals surface area (Å²) in [5, 5.41) is 2.69. The van der Waals surface area contributed by atoms with Crippen LogP contribution in [0.2, 0.25) is 5.02 Å². The first-order valence-electron chi connectivity index (χ1n) is 11.0. The van der Waals surface area contributed by atoms with Crippen molar-refractivity contribution in [2.75, 3.05) is 36.4 Å². The van der Waals surface area contributed by atoms with Gasteiger partial charge in [0.15, 0.2) is 5.69 Å². The third-order valence-electron chi connectivity index (χ3n) is 5.48. The van der Waals surface area contributed by atoms with Gasteiger partial charge in [0.25, 0.3) is 17.7 Å². The molecular formula is C24H26ClFN6O3. The first-order chi connectivity index (χ1) is 16.7. The van der Waals surface area contributed by atoms with E-state index in [1.54, 1.807) is 24.3 Å². The minimum atomic E-state index is -0.785. The number of halogens is 2. The van der Waals surface area contributed by atoms with E-state index in [2.05, 4.69) is 20.2 Å². The molecule has 0 radical (unpaired) electrons. The van der Waals surface area contributed by atoms with Gasteiger partial charge in [0.05, 0.1) is 16.9 Å². The van der Waals surface area contributed by atoms with Crippen LogP contribution in [0.15, 0.2) is 48.8 Å². The summed E-state index contributed by atoms with van der Waals surface area (Å²) in [6, 6.07) is 10.1. The maximum Gasteiger partial charge on any atom is 0.279 e. The molecule has 0 saturated heterocycles. The summed E-state index contributed by atoms with van der Waals surface area (Å²) in [7, 11) is 0. The van der Waals surface area contributed by atoms with Gasteiger partial charge in [-0.05, 0) is 55.6 Å². The second-order valence-corrected chi connectivity index (χ2v) is 8.01. The fraction of sp³-hybridized carbons (Fsp3) is 0.250. The number of H-pyrrole nitrogens is 1. The predicted molar refractivity (Wildman–Crippen MR) is 132 cm³/mol. The topological polar surface area (TPSA) is 124 Å². The normalized spacial score (nSPS) is 10.9. The molecule has 35 heavy (non-hydrogen) atoms. The van der Waals surface area contributed by atoms with Gasteiger partial charge in [-0.2, -0.15) is 0 Å². The van der Waals surface area contributed by atoms with Crippen molar-refractivity contribution in [3.05, 3.63) is 76.6 Å². The van der Waals surface area contributed by atoms with Crippen LogP contribution in [0.5, 0.6) is 0 Å². The highest BCUT2D eigenvalue weighted by atomic mass is 35.5. The van der Waals surface area contributed by atoms with E-state index in [-0.39, 0.29) is 22.0 Å². The Morgan fingerprint density at radius 3 is 2.37 bits per heavy atom. The van der Waals surface area contributed by atoms with Crippen molar-refractivity contribution in [1.82, 2.24) is 14.9 Å². The van der Waals surface area contributed by atoms with Crippen LogP contribution < -0.4 is 16.0 Å². The molecule has 0 bridgehead atoms. The number of benzene rings is 2. The molecule has 0 atom stereocenters. The summed E-state index contributed by atoms with van der Waals surface area (Å²) in [6.45, 7) is 6.60. The van der Waals surface area contributed by atoms with E-state index in [0.29, 0.717) is 24.5 Å². The smallest absolute Gasteiger partial charge is 0.279 e. The molecule has 2 aromatic carbocycles. The van der Waals surface area contributed by atoms with Gasteiger partial charge in [0, 0.05) is 24.5 Å². The maximum absolute atomic E-state index is 13.3. The number of anilines is 2. The van der Waals surface area contributed by atoms with Crippen LogP contribution in [-0.2, 0) is 0 Å². The molecule has 1 aromatic heterocycles. The molecule has 0 unspecified atom stereocenters. The summed E-state index contributed by atoms with van der Waals surface area (Å²) in [6.07, 6.45) is 1.25. The molecule has 3 rings (SSSR count). The van der Waals surface area contributed by atoms with E-state index in [1.165, 1.54) is 17.3 Å². The Labute approximate surface area is 207 Å². The number of nitrogens with one attached hydrogen (secondary N) is 2. The highest BCUT2D eigenvalue weighted by molar-refractivity contribution is 6.34. The fourth-order valence-electron chi connectivity index (χ4n) is 3.50. The van der Waals surface area contributed by atoms with Gasteiger partial charge in [-0.25, -0.2) is 9.37 Å². The molecule has 0 fully saturated rings. The number of nitrogens with two attached hydrogens (primary N) is 1. The number of carbonyl (C=O) groups excluding carboxylic acids is 3. The Bertz CT molecular complexity index is 1210. The van der Waals surface area contributed by atoms with Crippen LogP contribution in [0, 0.1) is 5.82 Å². The molecule has 0 aliphatic heterocycles. The first kappa shape index (κ1) is 25.9. The fourth-order valence-corrected chi connectivity index (χ4v) is 3.75. The zero-order valence-electron chi connectivity index (χ0n) is 19.3. The molecule has 1 heterocycles. The Morgan fingerprint density at radius 1 is 1.09 bits per heavy atom. The summed E-state index contributed by atoms with van der Waals surface area (Å²) in [4.78, 5) is 47.8. The lowest BCUT2D eigenvalue weighted by atomic mass is 10.2. The third kappa shape index (κ3) is 6.23. The van der Waals surface area contributed by atoms with Crippen LogP contribution in [0.4, 0.5) is 15.8 Å². The van der Waals surface area contributed by atoms with Crippen molar-refractivity contribution in [1.29, 1.82) is 0 Å². The van der Waals surface area contributed by atoms with E-state index in [4.69, 9.17) is 17.3 Å². The average Bonchev–Trinajstić information content (AvgIpc) is 3.33. The number of amides is 3. The van der Waals surface area contributed by atoms with Gasteiger partial charge in [0.1, 0.15) is 11.5 Å². The lowest BCUT2D eigenvalue weighted by Gasteiger charge is -2.26. The second kappa shape index (κ2) is 11.6. The van der Waals surface area contributed by atoms with Crippen molar-refractivity contribution in [2.45, 2.75) is 13.8 Å². The predicted octanol–water partition coefficient (Wildman–Crippen LogP) is 3.54. The van der Waals surface area contributed by atoms with E-state index in [0.717, 1.165) is 25.2 Å². The van der Waals surface area contributed by atoms with Crippen LogP contribution in [-0.4, -0.2) is 58.8 Å². The summed E-state index contributed by atoms with van der Waals surface area (Å²) in [5.41, 5.74) is 6.36. The molecule has 3 aromatic rings. The Kier molecular flexibility index (Phi) is 8.56. The van der Waals surface area contributed by atoms with Crippen LogP contribution in [0.1, 0.15) is 45.2 Å². The summed E-state index contributed by atoms with van der Waals surface area (Å²) >= 11 is 5.97. The van der Waals surface area contributed by atoms with Gasteiger partial charge in [-0.15, -0.1) is 0 Å². The molecule has 0 saturated carbocycles. The molecule has 0 aliphatic rings. The number of nitrogens with zero attached hydrogens (tertiary/aromatic N) is 3. The van der Waals surface area contributed by atoms with Gasteiger partial charge in [-0.3, -0.25) is 14.4 Å². The first-order valence-corrected chi connectivity index (χ1v) is 11.4. The zero-order chi connectivity index (χ0) is 25.5. The average molecular weight is 501 g/mol. The molecule has 0 spiro atoms. The zero-order valence-corrected chi connectivity index (χ0v) is 20.1. The molecule has 3 amide bonds. The van der Waals surface area contributed by atoms with E-state index in [1.807, 2.05) is 13.8 Å². The monoisotopic (exact) mass is 500 g/mol. The van der Waals surface area contributed by atoms with Gasteiger partial charge < -0.3 is 25.8 Å². The second-order valence-electron chi connectivity index (χ2n) is 7.60. The lowest BCUT2D eigenvalue weighted by molar-refractivity contribution is 0.0953. The molecule has 9 nitrogen and oxygen atoms in total. The molecular weight excluding hydrogens is 475 g/mol. The standard InChI is InChI=1S/C24H26ClFN6O3/c1-3-31(4-2)11-12-32(24(35)21-20(22(27)33)28-14-29-21)17-8-6-16(7-9-17)30-23(34)18-10-5-15(26)13-19(18)25/h5-10,13-14H,3-4,11-12H2,1-2H3,(H2,27,33)(H,28,29)(H,30,34). The summed E-state index contributed by atoms with van der Waals surface area (Å²) in [5.74, 6) is -2.31. The minimum absolute atomic E-state index is 0.00319. The van der Waals surface area contributed by atoms with Gasteiger partial charge in [0.2, 0.25) is 0 Å². The Hall–Kier alpha value is -3.76. The van der Waals surface area contributed by atoms with Crippen molar-refractivity contribution in [3.63, 3.8) is 0 Å². The van der Waals surface area contributed by atoms with Crippen LogP contribution in [0.3, 0.4) is 0 Å². The van der Waals surface area contributed by atoms with E-state index in [9.17, 15) is 18.8 Å². The number of hydrogen-bond donors (Lipinski definition) is 3. The highest BCUT2D eigenvalue weighted by Crippen LogP contribution is 2.23. The summed E-state index contributed by atoms with van der Waals surface area (Å²) < 4.78 is 13.3. The van der Waals surface area contributed by atoms with Crippen molar-refractivity contribution >= 4 is 40.7 Å². The van der Waals surface area contributed by atoms with Crippen LogP contribution >= 0.6 is 11.6 Å². The van der Waals surface area contributed by atoms with Gasteiger partial charge in [-0.1, -0.05) is 25.4 Å². The third-order valence-corrected chi connectivity index (χ3v) is 5.79.